The van der Waals surface area contributed by atoms with Gasteiger partial charge in [0.15, 0.2) is 5.92 Å². The molecule has 0 N–H and O–H groups in total. The number of esters is 2. The number of cyclic esters (lactones) is 2. The molecule has 0 radical (unpaired) electrons. The minimum absolute atomic E-state index is 0.441. The summed E-state index contributed by atoms with van der Waals surface area (Å²) in [6.07, 6.45) is 1.97. The molecule has 0 aliphatic carbocycles. The second-order valence-corrected chi connectivity index (χ2v) is 6.33. The molecule has 2 aromatic carbocycles. The highest BCUT2D eigenvalue weighted by Crippen LogP contribution is 2.27. The third kappa shape index (κ3) is 3.36. The van der Waals surface area contributed by atoms with Gasteiger partial charge in [0.1, 0.15) is 0 Å². The van der Waals surface area contributed by atoms with Gasteiger partial charge in [-0.3, -0.25) is 9.59 Å². The van der Waals surface area contributed by atoms with E-state index in [0.29, 0.717) is 6.42 Å². The summed E-state index contributed by atoms with van der Waals surface area (Å²) in [5.74, 6) is -2.92. The number of rotatable bonds is 4. The van der Waals surface area contributed by atoms with Gasteiger partial charge in [-0.15, -0.1) is 0 Å². The zero-order chi connectivity index (χ0) is 16.4. The molecule has 0 aromatic heterocycles. The number of hydrogen-bond acceptors (Lipinski definition) is 4. The van der Waals surface area contributed by atoms with Crippen LogP contribution in [0.3, 0.4) is 0 Å². The average molecular weight is 312 g/mol. The van der Waals surface area contributed by atoms with Crippen LogP contribution in [0.5, 0.6) is 0 Å². The van der Waals surface area contributed by atoms with Gasteiger partial charge >= 0.3 is 11.9 Å². The molecule has 4 nitrogen and oxygen atoms in total. The van der Waals surface area contributed by atoms with E-state index in [1.165, 1.54) is 16.3 Å². The molecule has 0 unspecified atom stereocenters. The van der Waals surface area contributed by atoms with E-state index in [-0.39, 0.29) is 0 Å². The molecule has 1 heterocycles. The highest BCUT2D eigenvalue weighted by molar-refractivity contribution is 5.96. The molecule has 1 aliphatic heterocycles. The summed E-state index contributed by atoms with van der Waals surface area (Å²) < 4.78 is 10.3. The number of hydrogen-bond donors (Lipinski definition) is 0. The Bertz CT molecular complexity index is 723. The first-order valence-corrected chi connectivity index (χ1v) is 7.89. The lowest BCUT2D eigenvalue weighted by molar-refractivity contribution is -0.240. The number of fused-ring (bicyclic) bond motifs is 1. The highest BCUT2D eigenvalue weighted by atomic mass is 16.7. The van der Waals surface area contributed by atoms with Crippen LogP contribution < -0.4 is 0 Å². The van der Waals surface area contributed by atoms with Crippen LogP contribution in [-0.2, 0) is 25.5 Å². The lowest BCUT2D eigenvalue weighted by Crippen LogP contribution is -2.46. The van der Waals surface area contributed by atoms with E-state index < -0.39 is 23.6 Å². The van der Waals surface area contributed by atoms with E-state index in [2.05, 4.69) is 24.3 Å². The van der Waals surface area contributed by atoms with Crippen molar-refractivity contribution in [1.29, 1.82) is 0 Å². The van der Waals surface area contributed by atoms with Gasteiger partial charge in [-0.05, 0) is 35.6 Å². The fourth-order valence-corrected chi connectivity index (χ4v) is 2.99. The normalized spacial score (nSPS) is 17.8. The fraction of sp³-hybridized carbons (Fsp3) is 0.368. The van der Waals surface area contributed by atoms with Gasteiger partial charge in [0, 0.05) is 13.8 Å². The molecule has 0 saturated carbocycles. The van der Waals surface area contributed by atoms with Crippen LogP contribution in [-0.4, -0.2) is 17.7 Å². The SMILES string of the molecule is CC1(C)OC(=O)C(CCCc2cccc3ccccc23)C(=O)O1. The van der Waals surface area contributed by atoms with E-state index in [0.717, 1.165) is 12.8 Å². The highest BCUT2D eigenvalue weighted by Gasteiger charge is 2.42. The second-order valence-electron chi connectivity index (χ2n) is 6.33. The van der Waals surface area contributed by atoms with E-state index in [1.54, 1.807) is 13.8 Å². The van der Waals surface area contributed by atoms with E-state index in [9.17, 15) is 9.59 Å². The van der Waals surface area contributed by atoms with Crippen molar-refractivity contribution in [2.24, 2.45) is 5.92 Å². The van der Waals surface area contributed by atoms with Crippen LogP contribution in [0.4, 0.5) is 0 Å². The van der Waals surface area contributed by atoms with Crippen molar-refractivity contribution in [2.45, 2.75) is 38.9 Å². The quantitative estimate of drug-likeness (QED) is 0.639. The Morgan fingerprint density at radius 3 is 2.35 bits per heavy atom. The van der Waals surface area contributed by atoms with E-state index in [1.807, 2.05) is 18.2 Å². The van der Waals surface area contributed by atoms with Crippen LogP contribution >= 0.6 is 0 Å². The van der Waals surface area contributed by atoms with E-state index in [4.69, 9.17) is 9.47 Å². The predicted octanol–water partition coefficient (Wildman–Crippen LogP) is 3.61. The number of benzene rings is 2. The number of aryl methyl sites for hydroxylation is 1. The van der Waals surface area contributed by atoms with Crippen molar-refractivity contribution < 1.29 is 19.1 Å². The molecule has 4 heteroatoms. The molecule has 3 rings (SSSR count). The van der Waals surface area contributed by atoms with Crippen molar-refractivity contribution in [1.82, 2.24) is 0 Å². The summed E-state index contributed by atoms with van der Waals surface area (Å²) in [5.41, 5.74) is 1.22. The molecular formula is C19H20O4. The Labute approximate surface area is 135 Å². The predicted molar refractivity (Wildman–Crippen MR) is 86.6 cm³/mol. The zero-order valence-corrected chi connectivity index (χ0v) is 13.4. The Kier molecular flexibility index (Phi) is 4.07. The number of carbonyl (C=O) groups excluding carboxylic acids is 2. The zero-order valence-electron chi connectivity index (χ0n) is 13.4. The summed E-state index contributed by atoms with van der Waals surface area (Å²) >= 11 is 0. The minimum atomic E-state index is -1.15. The van der Waals surface area contributed by atoms with Crippen LogP contribution in [0, 0.1) is 5.92 Å². The molecule has 0 atom stereocenters. The molecule has 1 aliphatic rings. The smallest absolute Gasteiger partial charge is 0.323 e. The van der Waals surface area contributed by atoms with Crippen LogP contribution in [0.1, 0.15) is 32.3 Å². The minimum Gasteiger partial charge on any atom is -0.422 e. The molecule has 0 amide bonds. The standard InChI is InChI=1S/C19H20O4/c1-19(2)22-17(20)16(18(21)23-19)12-6-10-14-9-5-8-13-7-3-4-11-15(13)14/h3-5,7-9,11,16H,6,10,12H2,1-2H3. The summed E-state index contributed by atoms with van der Waals surface area (Å²) in [6, 6.07) is 14.4. The van der Waals surface area contributed by atoms with Gasteiger partial charge in [0.25, 0.3) is 5.79 Å². The second kappa shape index (κ2) is 6.03. The first-order valence-electron chi connectivity index (χ1n) is 7.89. The molecule has 0 spiro atoms. The van der Waals surface area contributed by atoms with Crippen molar-refractivity contribution in [3.8, 4) is 0 Å². The Balaban J connectivity index is 1.65. The Morgan fingerprint density at radius 2 is 1.61 bits per heavy atom. The third-order valence-corrected chi connectivity index (χ3v) is 4.08. The van der Waals surface area contributed by atoms with Gasteiger partial charge in [-0.25, -0.2) is 0 Å². The lowest BCUT2D eigenvalue weighted by atomic mass is 9.96. The molecule has 1 saturated heterocycles. The average Bonchev–Trinajstić information content (AvgIpc) is 2.49. The maximum Gasteiger partial charge on any atom is 0.323 e. The van der Waals surface area contributed by atoms with Crippen molar-refractivity contribution in [2.75, 3.05) is 0 Å². The Hall–Kier alpha value is -2.36. The van der Waals surface area contributed by atoms with Crippen molar-refractivity contribution in [3.05, 3.63) is 48.0 Å². The molecule has 120 valence electrons. The molecule has 1 fully saturated rings. The maximum absolute atomic E-state index is 12.0. The van der Waals surface area contributed by atoms with Gasteiger partial charge in [-0.2, -0.15) is 0 Å². The lowest BCUT2D eigenvalue weighted by Gasteiger charge is -2.32. The van der Waals surface area contributed by atoms with Gasteiger partial charge in [0.2, 0.25) is 0 Å². The Morgan fingerprint density at radius 1 is 0.957 bits per heavy atom. The van der Waals surface area contributed by atoms with Crippen LogP contribution in [0.25, 0.3) is 10.8 Å². The molecule has 23 heavy (non-hydrogen) atoms. The van der Waals surface area contributed by atoms with Crippen molar-refractivity contribution >= 4 is 22.7 Å². The molecule has 2 aromatic rings. The molecular weight excluding hydrogens is 292 g/mol. The van der Waals surface area contributed by atoms with Crippen molar-refractivity contribution in [3.63, 3.8) is 0 Å². The largest absolute Gasteiger partial charge is 0.422 e. The van der Waals surface area contributed by atoms with Gasteiger partial charge < -0.3 is 9.47 Å². The first kappa shape index (κ1) is 15.5. The summed E-state index contributed by atoms with van der Waals surface area (Å²) in [7, 11) is 0. The summed E-state index contributed by atoms with van der Waals surface area (Å²) in [4.78, 5) is 23.9. The summed E-state index contributed by atoms with van der Waals surface area (Å²) in [5, 5.41) is 2.41. The monoisotopic (exact) mass is 312 g/mol. The first-order chi connectivity index (χ1) is 11.0. The number of carbonyl (C=O) groups is 2. The van der Waals surface area contributed by atoms with Crippen LogP contribution in [0.2, 0.25) is 0 Å². The van der Waals surface area contributed by atoms with Gasteiger partial charge in [0.05, 0.1) is 0 Å². The summed E-state index contributed by atoms with van der Waals surface area (Å²) in [6.45, 7) is 3.13. The fourth-order valence-electron chi connectivity index (χ4n) is 2.99. The van der Waals surface area contributed by atoms with E-state index >= 15 is 0 Å². The van der Waals surface area contributed by atoms with Crippen LogP contribution in [0.15, 0.2) is 42.5 Å². The van der Waals surface area contributed by atoms with Gasteiger partial charge in [-0.1, -0.05) is 42.5 Å². The maximum atomic E-state index is 12.0. The topological polar surface area (TPSA) is 52.6 Å². The molecule has 0 bridgehead atoms. The number of ether oxygens (including phenoxy) is 2. The third-order valence-electron chi connectivity index (χ3n) is 4.08.